The Hall–Kier alpha value is -5.40. The fraction of sp³-hybridized carbons (Fsp3) is 0.100. The molecule has 0 radical (unpaired) electrons. The van der Waals surface area contributed by atoms with E-state index in [1.165, 1.54) is 55.3 Å². The predicted octanol–water partition coefficient (Wildman–Crippen LogP) is 10.4. The monoisotopic (exact) mass is 678 g/mol. The molecule has 6 nitrogen and oxygen atoms in total. The molecule has 0 saturated carbocycles. The van der Waals surface area contributed by atoms with E-state index in [0.717, 1.165) is 21.5 Å². The van der Waals surface area contributed by atoms with Gasteiger partial charge < -0.3 is 4.98 Å². The number of rotatable bonds is 3. The maximum Gasteiger partial charge on any atom is 0.137 e. The van der Waals surface area contributed by atoms with Crippen LogP contribution < -0.4 is 0 Å². The lowest BCUT2D eigenvalue weighted by atomic mass is 9.96. The molecule has 0 fully saturated rings. The van der Waals surface area contributed by atoms with Crippen molar-refractivity contribution in [1.82, 2.24) is 29.5 Å². The van der Waals surface area contributed by atoms with Crippen molar-refractivity contribution >= 4 is 37.7 Å². The van der Waals surface area contributed by atoms with E-state index in [1.54, 1.807) is 6.20 Å². The van der Waals surface area contributed by atoms with Crippen molar-refractivity contribution in [2.24, 2.45) is 0 Å². The van der Waals surface area contributed by atoms with E-state index < -0.39 is 0 Å². The van der Waals surface area contributed by atoms with Crippen molar-refractivity contribution in [2.45, 2.75) is 27.7 Å². The van der Waals surface area contributed by atoms with Gasteiger partial charge in [0.15, 0.2) is 0 Å². The summed E-state index contributed by atoms with van der Waals surface area (Å²) in [7, 11) is 0. The van der Waals surface area contributed by atoms with Gasteiger partial charge in [-0.1, -0.05) is 36.4 Å². The minimum absolute atomic E-state index is 0.877. The molecule has 0 amide bonds. The number of hydrogen-bond donors (Lipinski definition) is 1. The molecule has 8 rings (SSSR count). The lowest BCUT2D eigenvalue weighted by Crippen LogP contribution is -1.97. The molecule has 6 aromatic heterocycles. The number of H-pyrrole nitrogens is 1. The topological polar surface area (TPSA) is 72.3 Å². The van der Waals surface area contributed by atoms with Gasteiger partial charge in [0.2, 0.25) is 0 Å². The SMILES string of the molecule is Cc1cccc(C)c1-c1ccnc(-n2ccc3ccncc32)c1.Cc1cccc(C)c1-c1ccnc(Br)c1.c1cc2cc[nH]c2cn1. The van der Waals surface area contributed by atoms with Crippen LogP contribution in [0.2, 0.25) is 0 Å². The molecule has 0 unspecified atom stereocenters. The summed E-state index contributed by atoms with van der Waals surface area (Å²) in [6, 6.07) is 29.2. The first-order chi connectivity index (χ1) is 22.9. The summed E-state index contributed by atoms with van der Waals surface area (Å²) < 4.78 is 2.96. The third kappa shape index (κ3) is 7.21. The van der Waals surface area contributed by atoms with Crippen LogP contribution in [0.15, 0.2) is 139 Å². The van der Waals surface area contributed by atoms with Gasteiger partial charge >= 0.3 is 0 Å². The Labute approximate surface area is 283 Å². The van der Waals surface area contributed by atoms with Crippen LogP contribution in [0.4, 0.5) is 0 Å². The van der Waals surface area contributed by atoms with E-state index in [1.807, 2.05) is 67.6 Å². The number of benzene rings is 2. The number of hydrogen-bond acceptors (Lipinski definition) is 4. The quantitative estimate of drug-likeness (QED) is 0.189. The highest BCUT2D eigenvalue weighted by Gasteiger charge is 2.09. The lowest BCUT2D eigenvalue weighted by molar-refractivity contribution is 1.04. The second kappa shape index (κ2) is 14.4. The van der Waals surface area contributed by atoms with E-state index >= 15 is 0 Å². The minimum atomic E-state index is 0.877. The molecule has 1 N–H and O–H groups in total. The van der Waals surface area contributed by atoms with Crippen LogP contribution in [0.1, 0.15) is 22.3 Å². The smallest absolute Gasteiger partial charge is 0.137 e. The van der Waals surface area contributed by atoms with Crippen LogP contribution in [0.25, 0.3) is 49.9 Å². The largest absolute Gasteiger partial charge is 0.360 e. The maximum atomic E-state index is 4.55. The molecule has 0 aliphatic carbocycles. The highest BCUT2D eigenvalue weighted by atomic mass is 79.9. The normalized spacial score (nSPS) is 10.7. The van der Waals surface area contributed by atoms with Gasteiger partial charge in [-0.15, -0.1) is 0 Å². The Morgan fingerprint density at radius 1 is 0.596 bits per heavy atom. The Bertz CT molecular complexity index is 2210. The lowest BCUT2D eigenvalue weighted by Gasteiger charge is -2.12. The maximum absolute atomic E-state index is 4.55. The number of aryl methyl sites for hydroxylation is 4. The number of pyridine rings is 4. The summed E-state index contributed by atoms with van der Waals surface area (Å²) in [5.74, 6) is 0.910. The zero-order valence-electron chi connectivity index (χ0n) is 26.8. The molecule has 0 spiro atoms. The standard InChI is InChI=1S/C20H17N3.C13H12BrN.C7H6N2/c1-14-4-3-5-15(2)20(14)17-7-10-22-19(12-17)23-11-8-16-6-9-21-13-18(16)23;1-9-4-3-5-10(2)13(9)11-6-7-15-12(14)8-11;1-3-8-5-7-6(1)2-4-9-7/h3-13H,1-2H3;3-8H,1-2H3;1-5,9H. The van der Waals surface area contributed by atoms with Crippen LogP contribution in [0.3, 0.4) is 0 Å². The summed E-state index contributed by atoms with van der Waals surface area (Å²) >= 11 is 3.40. The summed E-state index contributed by atoms with van der Waals surface area (Å²) in [6.07, 6.45) is 14.9. The Kier molecular flexibility index (Phi) is 9.64. The van der Waals surface area contributed by atoms with Gasteiger partial charge in [0.05, 0.1) is 23.4 Å². The zero-order valence-corrected chi connectivity index (χ0v) is 28.4. The molecule has 2 aromatic carbocycles. The summed E-state index contributed by atoms with van der Waals surface area (Å²) in [6.45, 7) is 8.57. The van der Waals surface area contributed by atoms with Crippen molar-refractivity contribution in [3.8, 4) is 28.1 Å². The van der Waals surface area contributed by atoms with Crippen LogP contribution in [0.5, 0.6) is 0 Å². The highest BCUT2D eigenvalue weighted by molar-refractivity contribution is 9.10. The van der Waals surface area contributed by atoms with Crippen LogP contribution in [0, 0.1) is 27.7 Å². The fourth-order valence-corrected chi connectivity index (χ4v) is 6.23. The zero-order chi connectivity index (χ0) is 32.8. The van der Waals surface area contributed by atoms with E-state index in [0.29, 0.717) is 0 Å². The Balaban J connectivity index is 0.000000137. The van der Waals surface area contributed by atoms with Gasteiger partial charge in [0.25, 0.3) is 0 Å². The van der Waals surface area contributed by atoms with Crippen molar-refractivity contribution < 1.29 is 0 Å². The van der Waals surface area contributed by atoms with E-state index in [4.69, 9.17) is 0 Å². The molecular formula is C40H35BrN6. The van der Waals surface area contributed by atoms with Crippen molar-refractivity contribution in [1.29, 1.82) is 0 Å². The van der Waals surface area contributed by atoms with Gasteiger partial charge in [-0.2, -0.15) is 0 Å². The van der Waals surface area contributed by atoms with Crippen molar-refractivity contribution in [3.63, 3.8) is 0 Å². The minimum Gasteiger partial charge on any atom is -0.360 e. The number of halogens is 1. The van der Waals surface area contributed by atoms with Gasteiger partial charge in [0, 0.05) is 48.0 Å². The first kappa shape index (κ1) is 31.6. The summed E-state index contributed by atoms with van der Waals surface area (Å²) in [5.41, 5.74) is 12.3. The molecular weight excluding hydrogens is 644 g/mol. The molecule has 0 aliphatic heterocycles. The molecule has 47 heavy (non-hydrogen) atoms. The number of aromatic nitrogens is 6. The van der Waals surface area contributed by atoms with Gasteiger partial charge in [-0.3, -0.25) is 14.5 Å². The molecule has 7 heteroatoms. The fourth-order valence-electron chi connectivity index (χ4n) is 5.87. The Morgan fingerprint density at radius 3 is 1.83 bits per heavy atom. The second-order valence-corrected chi connectivity index (χ2v) is 12.2. The first-order valence-corrected chi connectivity index (χ1v) is 16.2. The number of fused-ring (bicyclic) bond motifs is 2. The summed E-state index contributed by atoms with van der Waals surface area (Å²) in [5, 5.41) is 2.38. The number of aromatic amines is 1. The van der Waals surface area contributed by atoms with Crippen molar-refractivity contribution in [2.75, 3.05) is 0 Å². The molecule has 0 aliphatic rings. The average molecular weight is 680 g/mol. The Morgan fingerprint density at radius 2 is 1.19 bits per heavy atom. The molecule has 0 bridgehead atoms. The van der Waals surface area contributed by atoms with Crippen LogP contribution >= 0.6 is 15.9 Å². The van der Waals surface area contributed by atoms with Gasteiger partial charge in [-0.05, 0) is 137 Å². The molecule has 0 saturated heterocycles. The van der Waals surface area contributed by atoms with E-state index in [2.05, 4.69) is 134 Å². The van der Waals surface area contributed by atoms with E-state index in [9.17, 15) is 0 Å². The van der Waals surface area contributed by atoms with Gasteiger partial charge in [0.1, 0.15) is 10.4 Å². The third-order valence-corrected chi connectivity index (χ3v) is 8.54. The first-order valence-electron chi connectivity index (χ1n) is 15.4. The molecule has 232 valence electrons. The van der Waals surface area contributed by atoms with E-state index in [-0.39, 0.29) is 0 Å². The van der Waals surface area contributed by atoms with Crippen LogP contribution in [-0.2, 0) is 0 Å². The van der Waals surface area contributed by atoms with Gasteiger partial charge in [-0.25, -0.2) is 9.97 Å². The second-order valence-electron chi connectivity index (χ2n) is 11.4. The predicted molar refractivity (Wildman–Crippen MR) is 197 cm³/mol. The number of nitrogens with one attached hydrogen (secondary N) is 1. The number of nitrogens with zero attached hydrogens (tertiary/aromatic N) is 5. The molecule has 8 aromatic rings. The van der Waals surface area contributed by atoms with Crippen LogP contribution in [-0.4, -0.2) is 29.5 Å². The third-order valence-electron chi connectivity index (χ3n) is 8.11. The average Bonchev–Trinajstić information content (AvgIpc) is 3.73. The molecule has 0 atom stereocenters. The highest BCUT2D eigenvalue weighted by Crippen LogP contribution is 2.29. The molecule has 6 heterocycles. The van der Waals surface area contributed by atoms with Crippen molar-refractivity contribution in [3.05, 3.63) is 161 Å². The summed E-state index contributed by atoms with van der Waals surface area (Å²) in [4.78, 5) is 19.9.